The third-order valence-electron chi connectivity index (χ3n) is 5.67. The first-order chi connectivity index (χ1) is 13.1. The molecule has 0 saturated carbocycles. The molecule has 0 aliphatic heterocycles. The zero-order valence-corrected chi connectivity index (χ0v) is 16.3. The fourth-order valence-corrected chi connectivity index (χ4v) is 4.04. The third kappa shape index (κ3) is 3.21. The fraction of sp³-hybridized carbons (Fsp3) is 0.409. The molecule has 3 aromatic rings. The van der Waals surface area contributed by atoms with E-state index in [9.17, 15) is 4.39 Å². The normalized spacial score (nSPS) is 17.7. The van der Waals surface area contributed by atoms with Gasteiger partial charge in [-0.2, -0.15) is 0 Å². The van der Waals surface area contributed by atoms with Gasteiger partial charge in [0.15, 0.2) is 0 Å². The first-order valence-corrected chi connectivity index (χ1v) is 9.87. The lowest BCUT2D eigenvalue weighted by molar-refractivity contribution is 0.293. The van der Waals surface area contributed by atoms with Crippen molar-refractivity contribution in [3.8, 4) is 0 Å². The highest BCUT2D eigenvalue weighted by Gasteiger charge is 2.21. The number of para-hydroxylation sites is 2. The molecule has 0 radical (unpaired) electrons. The molecule has 2 aromatic heterocycles. The minimum absolute atomic E-state index is 0.0517. The number of imidazole rings is 2. The van der Waals surface area contributed by atoms with Gasteiger partial charge in [-0.15, -0.1) is 0 Å². The highest BCUT2D eigenvalue weighted by atomic mass is 19.1. The Balaban J connectivity index is 1.80. The van der Waals surface area contributed by atoms with Gasteiger partial charge < -0.3 is 9.47 Å². The Labute approximate surface area is 159 Å². The number of hydrogen-bond acceptors (Lipinski definition) is 2. The fourth-order valence-electron chi connectivity index (χ4n) is 4.04. The maximum Gasteiger partial charge on any atom is 0.215 e. The minimum atomic E-state index is -0.0517. The van der Waals surface area contributed by atoms with Crippen LogP contribution in [0.15, 0.2) is 48.4 Å². The zero-order chi connectivity index (χ0) is 19.0. The summed E-state index contributed by atoms with van der Waals surface area (Å²) in [5.41, 5.74) is 4.43. The first-order valence-electron chi connectivity index (χ1n) is 9.87. The second-order valence-corrected chi connectivity index (χ2v) is 7.30. The molecule has 27 heavy (non-hydrogen) atoms. The Morgan fingerprint density at radius 1 is 1.15 bits per heavy atom. The van der Waals surface area contributed by atoms with Gasteiger partial charge in [0.1, 0.15) is 5.83 Å². The molecule has 2 heterocycles. The average Bonchev–Trinajstić information content (AvgIpc) is 3.21. The van der Waals surface area contributed by atoms with Gasteiger partial charge in [0, 0.05) is 25.7 Å². The van der Waals surface area contributed by atoms with E-state index in [1.807, 2.05) is 6.08 Å². The van der Waals surface area contributed by atoms with Gasteiger partial charge in [0.25, 0.3) is 0 Å². The van der Waals surface area contributed by atoms with E-state index in [4.69, 9.17) is 4.98 Å². The Hall–Kier alpha value is -2.40. The van der Waals surface area contributed by atoms with Crippen LogP contribution in [0.3, 0.4) is 0 Å². The van der Waals surface area contributed by atoms with E-state index in [0.717, 1.165) is 48.7 Å². The number of rotatable bonds is 6. The van der Waals surface area contributed by atoms with Crippen molar-refractivity contribution in [2.75, 3.05) is 19.6 Å². The quantitative estimate of drug-likeness (QED) is 0.619. The lowest BCUT2D eigenvalue weighted by Gasteiger charge is -2.18. The van der Waals surface area contributed by atoms with E-state index in [-0.39, 0.29) is 11.7 Å². The van der Waals surface area contributed by atoms with Crippen molar-refractivity contribution < 1.29 is 4.39 Å². The van der Waals surface area contributed by atoms with Gasteiger partial charge in [-0.1, -0.05) is 39.0 Å². The van der Waals surface area contributed by atoms with Crippen LogP contribution in [0.25, 0.3) is 22.4 Å². The molecule has 0 N–H and O–H groups in total. The van der Waals surface area contributed by atoms with Crippen molar-refractivity contribution in [2.24, 2.45) is 5.92 Å². The van der Waals surface area contributed by atoms with Crippen molar-refractivity contribution in [1.29, 1.82) is 0 Å². The minimum Gasteiger partial charge on any atom is -0.308 e. The molecule has 0 amide bonds. The van der Waals surface area contributed by atoms with Gasteiger partial charge in [-0.25, -0.2) is 9.37 Å². The Morgan fingerprint density at radius 2 is 1.89 bits per heavy atom. The van der Waals surface area contributed by atoms with Crippen LogP contribution in [-0.4, -0.2) is 38.5 Å². The van der Waals surface area contributed by atoms with Crippen LogP contribution in [-0.2, 0) is 6.54 Å². The molecule has 5 heteroatoms. The van der Waals surface area contributed by atoms with E-state index < -0.39 is 0 Å². The summed E-state index contributed by atoms with van der Waals surface area (Å²) in [6.07, 6.45) is 6.01. The van der Waals surface area contributed by atoms with Crippen LogP contribution in [0.5, 0.6) is 0 Å². The van der Waals surface area contributed by atoms with Crippen LogP contribution in [0.4, 0.5) is 4.39 Å². The number of benzene rings is 1. The van der Waals surface area contributed by atoms with Gasteiger partial charge in [0.2, 0.25) is 5.78 Å². The third-order valence-corrected chi connectivity index (χ3v) is 5.67. The summed E-state index contributed by atoms with van der Waals surface area (Å²) < 4.78 is 18.0. The van der Waals surface area contributed by atoms with Crippen LogP contribution in [0.2, 0.25) is 0 Å². The molecule has 4 nitrogen and oxygen atoms in total. The largest absolute Gasteiger partial charge is 0.308 e. The molecule has 0 saturated heterocycles. The number of hydrogen-bond donors (Lipinski definition) is 0. The summed E-state index contributed by atoms with van der Waals surface area (Å²) in [4.78, 5) is 7.39. The van der Waals surface area contributed by atoms with Gasteiger partial charge in [0.05, 0.1) is 16.7 Å². The average molecular weight is 366 g/mol. The molecule has 0 fully saturated rings. The smallest absolute Gasteiger partial charge is 0.215 e. The van der Waals surface area contributed by atoms with Crippen molar-refractivity contribution in [3.05, 3.63) is 54.1 Å². The molecule has 0 bridgehead atoms. The molecule has 1 unspecified atom stereocenters. The molecule has 1 aliphatic rings. The monoisotopic (exact) mass is 366 g/mol. The predicted octanol–water partition coefficient (Wildman–Crippen LogP) is 4.91. The number of nitrogens with zero attached hydrogens (tertiary/aromatic N) is 4. The predicted molar refractivity (Wildman–Crippen MR) is 109 cm³/mol. The second-order valence-electron chi connectivity index (χ2n) is 7.30. The summed E-state index contributed by atoms with van der Waals surface area (Å²) in [5.74, 6) is 1.05. The Morgan fingerprint density at radius 3 is 2.59 bits per heavy atom. The summed E-state index contributed by atoms with van der Waals surface area (Å²) in [5, 5.41) is 0. The van der Waals surface area contributed by atoms with E-state index in [1.165, 1.54) is 5.52 Å². The second kappa shape index (κ2) is 7.31. The highest BCUT2D eigenvalue weighted by Crippen LogP contribution is 2.33. The van der Waals surface area contributed by atoms with Crippen molar-refractivity contribution in [3.63, 3.8) is 0 Å². The van der Waals surface area contributed by atoms with Crippen LogP contribution >= 0.6 is 0 Å². The zero-order valence-electron chi connectivity index (χ0n) is 16.3. The van der Waals surface area contributed by atoms with Crippen LogP contribution in [0, 0.1) is 5.92 Å². The first kappa shape index (κ1) is 18.0. The number of allylic oxidation sites excluding steroid dienone is 4. The summed E-state index contributed by atoms with van der Waals surface area (Å²) in [6, 6.07) is 8.44. The SMILES string of the molecule is CCN(CC)CCn1c2ccccc2n2cc(C3=CC=C(F)CC3C)nc12. The van der Waals surface area contributed by atoms with Crippen LogP contribution < -0.4 is 0 Å². The van der Waals surface area contributed by atoms with Crippen molar-refractivity contribution in [1.82, 2.24) is 18.9 Å². The van der Waals surface area contributed by atoms with Gasteiger partial charge in [-0.05, 0) is 42.8 Å². The Bertz CT molecular complexity index is 1020. The van der Waals surface area contributed by atoms with Crippen LogP contribution in [0.1, 0.15) is 32.9 Å². The number of fused-ring (bicyclic) bond motifs is 3. The molecular weight excluding hydrogens is 339 g/mol. The van der Waals surface area contributed by atoms with Crippen molar-refractivity contribution >= 4 is 22.4 Å². The summed E-state index contributed by atoms with van der Waals surface area (Å²) in [6.45, 7) is 10.5. The van der Waals surface area contributed by atoms with E-state index in [1.54, 1.807) is 6.08 Å². The molecule has 142 valence electrons. The number of halogens is 1. The summed E-state index contributed by atoms with van der Waals surface area (Å²) in [7, 11) is 0. The molecule has 4 rings (SSSR count). The lowest BCUT2D eigenvalue weighted by atomic mass is 9.91. The van der Waals surface area contributed by atoms with E-state index in [2.05, 4.69) is 65.1 Å². The summed E-state index contributed by atoms with van der Waals surface area (Å²) >= 11 is 0. The maximum atomic E-state index is 13.6. The standard InChI is InChI=1S/C22H27FN4/c1-4-25(5-2)12-13-26-20-8-6-7-9-21(20)27-15-19(24-22(26)27)18-11-10-17(23)14-16(18)3/h6-11,15-16H,4-5,12-14H2,1-3H3. The molecule has 0 spiro atoms. The highest BCUT2D eigenvalue weighted by molar-refractivity contribution is 5.82. The van der Waals surface area contributed by atoms with Crippen molar-refractivity contribution in [2.45, 2.75) is 33.7 Å². The molecule has 1 atom stereocenters. The van der Waals surface area contributed by atoms with E-state index >= 15 is 0 Å². The number of aromatic nitrogens is 3. The topological polar surface area (TPSA) is 25.5 Å². The van der Waals surface area contributed by atoms with Gasteiger partial charge >= 0.3 is 0 Å². The van der Waals surface area contributed by atoms with Gasteiger partial charge in [-0.3, -0.25) is 4.40 Å². The lowest BCUT2D eigenvalue weighted by Crippen LogP contribution is -2.27. The Kier molecular flexibility index (Phi) is 4.87. The maximum absolute atomic E-state index is 13.6. The van der Waals surface area contributed by atoms with E-state index in [0.29, 0.717) is 6.42 Å². The molecule has 1 aromatic carbocycles. The molecular formula is C22H27FN4. The molecule has 1 aliphatic carbocycles. The number of likely N-dealkylation sites (N-methyl/N-ethyl adjacent to an activating group) is 1.